The van der Waals surface area contributed by atoms with E-state index in [1.54, 1.807) is 36.4 Å². The second-order valence-corrected chi connectivity index (χ2v) is 9.76. The van der Waals surface area contributed by atoms with Gasteiger partial charge in [0.25, 0.3) is 10.1 Å². The molecule has 1 atom stereocenters. The number of rotatable bonds is 8. The molecule has 0 radical (unpaired) electrons. The van der Waals surface area contributed by atoms with E-state index in [0.29, 0.717) is 22.7 Å². The van der Waals surface area contributed by atoms with Gasteiger partial charge in [-0.15, -0.1) is 0 Å². The van der Waals surface area contributed by atoms with E-state index >= 15 is 0 Å². The number of carbonyl (C=O) groups is 1. The largest absolute Gasteiger partial charge is 0.486 e. The van der Waals surface area contributed by atoms with Gasteiger partial charge in [-0.1, -0.05) is 60.2 Å². The second-order valence-electron chi connectivity index (χ2n) is 8.14. The van der Waals surface area contributed by atoms with E-state index < -0.39 is 22.3 Å². The van der Waals surface area contributed by atoms with Crippen LogP contribution in [0.3, 0.4) is 0 Å². The Morgan fingerprint density at radius 2 is 1.83 bits per heavy atom. The van der Waals surface area contributed by atoms with Crippen molar-refractivity contribution in [3.8, 4) is 11.5 Å². The van der Waals surface area contributed by atoms with Crippen LogP contribution in [0.1, 0.15) is 23.6 Å². The van der Waals surface area contributed by atoms with Gasteiger partial charge >= 0.3 is 6.09 Å². The minimum atomic E-state index is -3.95. The maximum Gasteiger partial charge on any atom is 0.411 e. The van der Waals surface area contributed by atoms with Gasteiger partial charge in [-0.25, -0.2) is 4.79 Å². The molecule has 0 saturated carbocycles. The molecule has 0 aromatic heterocycles. The monoisotopic (exact) mass is 509 g/mol. The van der Waals surface area contributed by atoms with Gasteiger partial charge < -0.3 is 14.2 Å². The van der Waals surface area contributed by atoms with Crippen LogP contribution >= 0.6 is 0 Å². The summed E-state index contributed by atoms with van der Waals surface area (Å²) in [6.07, 6.45) is 2.26. The predicted molar refractivity (Wildman–Crippen MR) is 136 cm³/mol. The maximum absolute atomic E-state index is 12.5. The number of carbonyl (C=O) groups excluding carboxylic acids is 1. The van der Waals surface area contributed by atoms with Gasteiger partial charge in [0.05, 0.1) is 10.6 Å². The molecule has 188 valence electrons. The van der Waals surface area contributed by atoms with E-state index in [4.69, 9.17) is 18.4 Å². The van der Waals surface area contributed by atoms with Gasteiger partial charge in [0.1, 0.15) is 19.8 Å². The SMILES string of the molecule is CC=Cc1c(NC(=O)OCc2ccccc2)ccc2c1O[C@@H](COS(=O)(=O)c1ccc(C)cc1)CO2. The summed E-state index contributed by atoms with van der Waals surface area (Å²) in [5.74, 6) is 0.852. The highest BCUT2D eigenvalue weighted by molar-refractivity contribution is 7.86. The van der Waals surface area contributed by atoms with Gasteiger partial charge in [0, 0.05) is 5.56 Å². The molecular formula is C27H27NO7S. The van der Waals surface area contributed by atoms with E-state index in [-0.39, 0.29) is 24.7 Å². The zero-order valence-corrected chi connectivity index (χ0v) is 20.8. The van der Waals surface area contributed by atoms with Gasteiger partial charge in [0.15, 0.2) is 17.6 Å². The summed E-state index contributed by atoms with van der Waals surface area (Å²) in [5, 5.41) is 2.74. The fraction of sp³-hybridized carbons (Fsp3) is 0.222. The number of nitrogens with one attached hydrogen (secondary N) is 1. The van der Waals surface area contributed by atoms with Crippen LogP contribution in [0.15, 0.2) is 77.7 Å². The number of fused-ring (bicyclic) bond motifs is 1. The third-order valence-electron chi connectivity index (χ3n) is 5.37. The van der Waals surface area contributed by atoms with Gasteiger partial charge in [-0.3, -0.25) is 9.50 Å². The number of amides is 1. The molecule has 0 saturated heterocycles. The Hall–Kier alpha value is -3.82. The molecule has 1 amide bonds. The van der Waals surface area contributed by atoms with Crippen molar-refractivity contribution < 1.29 is 31.6 Å². The molecule has 0 bridgehead atoms. The van der Waals surface area contributed by atoms with E-state index in [1.807, 2.05) is 44.2 Å². The van der Waals surface area contributed by atoms with Crippen molar-refractivity contribution in [3.05, 3.63) is 89.5 Å². The van der Waals surface area contributed by atoms with Gasteiger partial charge in [0.2, 0.25) is 0 Å². The summed E-state index contributed by atoms with van der Waals surface area (Å²) in [5.41, 5.74) is 2.84. The molecule has 1 heterocycles. The number of ether oxygens (including phenoxy) is 3. The normalized spacial score (nSPS) is 15.0. The summed E-state index contributed by atoms with van der Waals surface area (Å²) in [6, 6.07) is 19.1. The van der Waals surface area contributed by atoms with Crippen LogP contribution in [0.25, 0.3) is 6.08 Å². The first kappa shape index (κ1) is 25.3. The van der Waals surface area contributed by atoms with Crippen molar-refractivity contribution in [1.82, 2.24) is 0 Å². The molecule has 3 aromatic rings. The number of hydrogen-bond acceptors (Lipinski definition) is 7. The van der Waals surface area contributed by atoms with Crippen molar-refractivity contribution in [2.24, 2.45) is 0 Å². The summed E-state index contributed by atoms with van der Waals surface area (Å²) < 4.78 is 47.5. The van der Waals surface area contributed by atoms with Crippen molar-refractivity contribution in [1.29, 1.82) is 0 Å². The van der Waals surface area contributed by atoms with Crippen LogP contribution < -0.4 is 14.8 Å². The van der Waals surface area contributed by atoms with E-state index in [2.05, 4.69) is 5.32 Å². The smallest absolute Gasteiger partial charge is 0.411 e. The lowest BCUT2D eigenvalue weighted by Crippen LogP contribution is -2.34. The van der Waals surface area contributed by atoms with Gasteiger partial charge in [-0.2, -0.15) is 8.42 Å². The minimum Gasteiger partial charge on any atom is -0.486 e. The van der Waals surface area contributed by atoms with E-state index in [0.717, 1.165) is 11.1 Å². The molecule has 1 N–H and O–H groups in total. The summed E-state index contributed by atoms with van der Waals surface area (Å²) >= 11 is 0. The Bertz CT molecular complexity index is 1340. The fourth-order valence-corrected chi connectivity index (χ4v) is 4.47. The lowest BCUT2D eigenvalue weighted by Gasteiger charge is -2.28. The second kappa shape index (κ2) is 11.3. The first-order chi connectivity index (χ1) is 17.4. The highest BCUT2D eigenvalue weighted by Crippen LogP contribution is 2.40. The fourth-order valence-electron chi connectivity index (χ4n) is 3.53. The molecular weight excluding hydrogens is 482 g/mol. The quantitative estimate of drug-likeness (QED) is 0.410. The molecule has 9 heteroatoms. The Kier molecular flexibility index (Phi) is 7.92. The zero-order chi connectivity index (χ0) is 25.5. The van der Waals surface area contributed by atoms with Crippen molar-refractivity contribution in [3.63, 3.8) is 0 Å². The summed E-state index contributed by atoms with van der Waals surface area (Å²) in [4.78, 5) is 12.5. The molecule has 8 nitrogen and oxygen atoms in total. The number of allylic oxidation sites excluding steroid dienone is 1. The molecule has 0 aliphatic carbocycles. The van der Waals surface area contributed by atoms with Crippen LogP contribution in [0.2, 0.25) is 0 Å². The molecule has 0 unspecified atom stereocenters. The molecule has 0 spiro atoms. The summed E-state index contributed by atoms with van der Waals surface area (Å²) in [7, 11) is -3.95. The molecule has 0 fully saturated rings. The number of benzene rings is 3. The van der Waals surface area contributed by atoms with Crippen LogP contribution in [0.5, 0.6) is 11.5 Å². The van der Waals surface area contributed by atoms with Crippen LogP contribution in [0.4, 0.5) is 10.5 Å². The first-order valence-corrected chi connectivity index (χ1v) is 12.8. The first-order valence-electron chi connectivity index (χ1n) is 11.4. The topological polar surface area (TPSA) is 100 Å². The van der Waals surface area contributed by atoms with Crippen molar-refractivity contribution >= 4 is 28.0 Å². The van der Waals surface area contributed by atoms with Crippen LogP contribution in [0, 0.1) is 6.92 Å². The zero-order valence-electron chi connectivity index (χ0n) is 20.0. The van der Waals surface area contributed by atoms with E-state index in [9.17, 15) is 13.2 Å². The number of hydrogen-bond donors (Lipinski definition) is 1. The molecule has 36 heavy (non-hydrogen) atoms. The van der Waals surface area contributed by atoms with E-state index in [1.165, 1.54) is 12.1 Å². The summed E-state index contributed by atoms with van der Waals surface area (Å²) in [6.45, 7) is 3.70. The molecule has 1 aliphatic rings. The molecule has 3 aromatic carbocycles. The molecule has 1 aliphatic heterocycles. The highest BCUT2D eigenvalue weighted by atomic mass is 32.2. The van der Waals surface area contributed by atoms with Gasteiger partial charge in [-0.05, 0) is 43.7 Å². The average molecular weight is 510 g/mol. The maximum atomic E-state index is 12.5. The predicted octanol–water partition coefficient (Wildman–Crippen LogP) is 5.32. The van der Waals surface area contributed by atoms with Crippen molar-refractivity contribution in [2.45, 2.75) is 31.5 Å². The molecule has 4 rings (SSSR count). The van der Waals surface area contributed by atoms with Crippen LogP contribution in [-0.2, 0) is 25.6 Å². The minimum absolute atomic E-state index is 0.0698. The Morgan fingerprint density at radius 1 is 1.08 bits per heavy atom. The third kappa shape index (κ3) is 6.24. The lowest BCUT2D eigenvalue weighted by molar-refractivity contribution is 0.0553. The standard InChI is InChI=1S/C27H27NO7S/c1-3-7-23-24(28-27(29)33-16-20-8-5-4-6-9-20)14-15-25-26(23)35-21(17-32-25)18-34-36(30,31)22-12-10-19(2)11-13-22/h3-15,21H,16-18H2,1-2H3,(H,28,29)/t21-/m1/s1. The number of anilines is 1. The number of aryl methyl sites for hydroxylation is 1. The lowest BCUT2D eigenvalue weighted by atomic mass is 10.1. The highest BCUT2D eigenvalue weighted by Gasteiger charge is 2.27. The average Bonchev–Trinajstić information content (AvgIpc) is 2.88. The van der Waals surface area contributed by atoms with Crippen LogP contribution in [-0.4, -0.2) is 33.8 Å². The Balaban J connectivity index is 1.45. The Morgan fingerprint density at radius 3 is 2.56 bits per heavy atom. The van der Waals surface area contributed by atoms with Crippen molar-refractivity contribution in [2.75, 3.05) is 18.5 Å². The Labute approximate surface area is 210 Å². The third-order valence-corrected chi connectivity index (χ3v) is 6.67.